The van der Waals surface area contributed by atoms with Gasteiger partial charge in [-0.25, -0.2) is 9.78 Å². The summed E-state index contributed by atoms with van der Waals surface area (Å²) < 4.78 is 53.8. The summed E-state index contributed by atoms with van der Waals surface area (Å²) in [6.07, 6.45) is -3.31. The first-order valence-corrected chi connectivity index (χ1v) is 7.51. The van der Waals surface area contributed by atoms with Gasteiger partial charge in [-0.1, -0.05) is 12.6 Å². The molecule has 0 spiro atoms. The van der Waals surface area contributed by atoms with Crippen LogP contribution in [-0.4, -0.2) is 24.7 Å². The average molecular weight is 367 g/mol. The van der Waals surface area contributed by atoms with Crippen molar-refractivity contribution in [2.75, 3.05) is 13.7 Å². The lowest BCUT2D eigenvalue weighted by atomic mass is 10.2. The topological polar surface area (TPSA) is 57.7 Å². The molecule has 1 aromatic heterocycles. The van der Waals surface area contributed by atoms with Gasteiger partial charge in [0.2, 0.25) is 0 Å². The van der Waals surface area contributed by atoms with Crippen LogP contribution in [0.25, 0.3) is 5.76 Å². The highest BCUT2D eigenvalue weighted by Gasteiger charge is 2.30. The van der Waals surface area contributed by atoms with Gasteiger partial charge in [-0.15, -0.1) is 0 Å². The van der Waals surface area contributed by atoms with Crippen LogP contribution in [0.5, 0.6) is 11.5 Å². The Kier molecular flexibility index (Phi) is 5.86. The first-order chi connectivity index (χ1) is 12.3. The summed E-state index contributed by atoms with van der Waals surface area (Å²) >= 11 is 0. The van der Waals surface area contributed by atoms with Gasteiger partial charge in [0.25, 0.3) is 0 Å². The van der Waals surface area contributed by atoms with E-state index in [9.17, 15) is 18.0 Å². The molecule has 8 heteroatoms. The molecule has 0 bridgehead atoms. The highest BCUT2D eigenvalue weighted by molar-refractivity contribution is 5.93. The van der Waals surface area contributed by atoms with E-state index < -0.39 is 17.7 Å². The van der Waals surface area contributed by atoms with E-state index in [4.69, 9.17) is 14.2 Å². The maximum Gasteiger partial charge on any atom is 0.416 e. The fourth-order valence-corrected chi connectivity index (χ4v) is 2.06. The molecule has 1 heterocycles. The van der Waals surface area contributed by atoms with Gasteiger partial charge in [-0.05, 0) is 31.2 Å². The number of aromatic nitrogens is 1. The number of benzene rings is 1. The zero-order valence-electron chi connectivity index (χ0n) is 14.1. The predicted octanol–water partition coefficient (Wildman–Crippen LogP) is 4.69. The summed E-state index contributed by atoms with van der Waals surface area (Å²) in [5.74, 6) is -0.643. The Hall–Kier alpha value is -3.03. The summed E-state index contributed by atoms with van der Waals surface area (Å²) in [5.41, 5.74) is -0.608. The van der Waals surface area contributed by atoms with Gasteiger partial charge >= 0.3 is 12.1 Å². The van der Waals surface area contributed by atoms with E-state index in [1.807, 2.05) is 0 Å². The summed E-state index contributed by atoms with van der Waals surface area (Å²) in [6, 6.07) is 5.63. The van der Waals surface area contributed by atoms with E-state index in [0.717, 1.165) is 12.1 Å². The minimum absolute atomic E-state index is 0.0178. The molecule has 0 saturated heterocycles. The van der Waals surface area contributed by atoms with Crippen molar-refractivity contribution in [3.8, 4) is 11.5 Å². The first kappa shape index (κ1) is 19.3. The van der Waals surface area contributed by atoms with E-state index in [1.54, 1.807) is 6.92 Å². The van der Waals surface area contributed by atoms with Gasteiger partial charge in [-0.2, -0.15) is 13.2 Å². The molecule has 2 aromatic rings. The minimum atomic E-state index is -4.51. The largest absolute Gasteiger partial charge is 0.492 e. The lowest BCUT2D eigenvalue weighted by molar-refractivity contribution is -0.137. The van der Waals surface area contributed by atoms with E-state index in [0.29, 0.717) is 6.61 Å². The molecule has 0 fully saturated rings. The summed E-state index contributed by atoms with van der Waals surface area (Å²) in [7, 11) is 1.17. The normalized spacial score (nSPS) is 11.0. The molecule has 0 aliphatic rings. The number of pyridine rings is 1. The summed E-state index contributed by atoms with van der Waals surface area (Å²) in [6.45, 7) is 5.81. The third-order valence-corrected chi connectivity index (χ3v) is 3.27. The Morgan fingerprint density at radius 2 is 2.00 bits per heavy atom. The van der Waals surface area contributed by atoms with E-state index in [-0.39, 0.29) is 28.5 Å². The molecule has 138 valence electrons. The number of hydrogen-bond donors (Lipinski definition) is 0. The predicted molar refractivity (Wildman–Crippen MR) is 87.8 cm³/mol. The van der Waals surface area contributed by atoms with Gasteiger partial charge < -0.3 is 14.2 Å². The van der Waals surface area contributed by atoms with Gasteiger partial charge in [0.1, 0.15) is 22.8 Å². The van der Waals surface area contributed by atoms with Crippen LogP contribution in [-0.2, 0) is 15.7 Å². The Labute approximate surface area is 148 Å². The number of rotatable bonds is 6. The van der Waals surface area contributed by atoms with Crippen molar-refractivity contribution >= 4 is 11.7 Å². The molecule has 0 aliphatic heterocycles. The zero-order valence-corrected chi connectivity index (χ0v) is 14.1. The SMILES string of the molecule is C=C(OCC)c1cc(C(=O)OC)c(Oc2cccc(C(F)(F)F)c2)cn1. The van der Waals surface area contributed by atoms with E-state index in [1.165, 1.54) is 31.5 Å². The first-order valence-electron chi connectivity index (χ1n) is 7.51. The molecule has 0 saturated carbocycles. The maximum absolute atomic E-state index is 12.8. The van der Waals surface area contributed by atoms with Gasteiger partial charge in [0.05, 0.1) is 25.5 Å². The van der Waals surface area contributed by atoms with Gasteiger partial charge in [0.15, 0.2) is 5.75 Å². The van der Waals surface area contributed by atoms with Crippen molar-refractivity contribution in [3.63, 3.8) is 0 Å². The molecule has 5 nitrogen and oxygen atoms in total. The van der Waals surface area contributed by atoms with E-state index >= 15 is 0 Å². The fourth-order valence-electron chi connectivity index (χ4n) is 2.06. The van der Waals surface area contributed by atoms with Crippen LogP contribution in [0.3, 0.4) is 0 Å². The summed E-state index contributed by atoms with van der Waals surface area (Å²) in [4.78, 5) is 16.1. The Balaban J connectivity index is 2.40. The number of carbonyl (C=O) groups excluding carboxylic acids is 1. The van der Waals surface area contributed by atoms with Crippen LogP contribution in [0.2, 0.25) is 0 Å². The molecule has 0 N–H and O–H groups in total. The number of esters is 1. The van der Waals surface area contributed by atoms with Crippen LogP contribution < -0.4 is 4.74 Å². The molecule has 0 unspecified atom stereocenters. The monoisotopic (exact) mass is 367 g/mol. The number of hydrogen-bond acceptors (Lipinski definition) is 5. The van der Waals surface area contributed by atoms with Crippen molar-refractivity contribution < 1.29 is 32.2 Å². The average Bonchev–Trinajstić information content (AvgIpc) is 2.61. The zero-order chi connectivity index (χ0) is 19.3. The van der Waals surface area contributed by atoms with Crippen LogP contribution in [0.1, 0.15) is 28.5 Å². The van der Waals surface area contributed by atoms with Gasteiger partial charge in [0, 0.05) is 0 Å². The number of carbonyl (C=O) groups is 1. The molecular weight excluding hydrogens is 351 g/mol. The molecule has 0 atom stereocenters. The van der Waals surface area contributed by atoms with Crippen molar-refractivity contribution in [1.82, 2.24) is 4.98 Å². The lowest BCUT2D eigenvalue weighted by Crippen LogP contribution is -2.07. The van der Waals surface area contributed by atoms with Crippen LogP contribution in [0, 0.1) is 0 Å². The van der Waals surface area contributed by atoms with Crippen LogP contribution in [0.15, 0.2) is 43.1 Å². The van der Waals surface area contributed by atoms with Crippen molar-refractivity contribution in [2.24, 2.45) is 0 Å². The molecule has 1 aromatic carbocycles. The number of methoxy groups -OCH3 is 1. The van der Waals surface area contributed by atoms with Crippen LogP contribution >= 0.6 is 0 Å². The highest BCUT2D eigenvalue weighted by Crippen LogP contribution is 2.33. The summed E-state index contributed by atoms with van der Waals surface area (Å²) in [5, 5.41) is 0. The molecule has 0 amide bonds. The highest BCUT2D eigenvalue weighted by atomic mass is 19.4. The van der Waals surface area contributed by atoms with Crippen LogP contribution in [0.4, 0.5) is 13.2 Å². The number of nitrogens with zero attached hydrogens (tertiary/aromatic N) is 1. The Morgan fingerprint density at radius 1 is 1.27 bits per heavy atom. The molecule has 26 heavy (non-hydrogen) atoms. The quantitative estimate of drug-likeness (QED) is 0.548. The fraction of sp³-hybridized carbons (Fsp3) is 0.222. The smallest absolute Gasteiger partial charge is 0.416 e. The second kappa shape index (κ2) is 7.90. The third kappa shape index (κ3) is 4.53. The number of ether oxygens (including phenoxy) is 3. The van der Waals surface area contributed by atoms with Crippen molar-refractivity contribution in [1.29, 1.82) is 0 Å². The second-order valence-corrected chi connectivity index (χ2v) is 5.04. The maximum atomic E-state index is 12.8. The molecule has 0 aliphatic carbocycles. The van der Waals surface area contributed by atoms with E-state index in [2.05, 4.69) is 11.6 Å². The second-order valence-electron chi connectivity index (χ2n) is 5.04. The minimum Gasteiger partial charge on any atom is -0.492 e. The molecule has 2 rings (SSSR count). The Bertz CT molecular complexity index is 818. The number of alkyl halides is 3. The van der Waals surface area contributed by atoms with Gasteiger partial charge in [-0.3, -0.25) is 0 Å². The lowest BCUT2D eigenvalue weighted by Gasteiger charge is -2.13. The van der Waals surface area contributed by atoms with Crippen molar-refractivity contribution in [3.05, 3.63) is 59.9 Å². The Morgan fingerprint density at radius 3 is 2.62 bits per heavy atom. The standard InChI is InChI=1S/C18H16F3NO4/c1-4-25-11(2)15-9-14(17(23)24-3)16(10-22-15)26-13-7-5-6-12(8-13)18(19,20)21/h5-10H,2,4H2,1,3H3. The van der Waals surface area contributed by atoms with Crippen molar-refractivity contribution in [2.45, 2.75) is 13.1 Å². The molecular formula is C18H16F3NO4. The number of halogens is 3. The third-order valence-electron chi connectivity index (χ3n) is 3.27. The molecule has 0 radical (unpaired) electrons.